The van der Waals surface area contributed by atoms with Crippen LogP contribution < -0.4 is 4.74 Å². The first-order valence-electron chi connectivity index (χ1n) is 5.19. The van der Waals surface area contributed by atoms with Gasteiger partial charge in [0, 0.05) is 6.42 Å². The zero-order valence-corrected chi connectivity index (χ0v) is 8.53. The molecule has 2 nitrogen and oxygen atoms in total. The lowest BCUT2D eigenvalue weighted by Crippen LogP contribution is -2.24. The summed E-state index contributed by atoms with van der Waals surface area (Å²) in [5.41, 5.74) is 1.25. The maximum Gasteiger partial charge on any atom is 0.199 e. The molecule has 0 unspecified atom stereocenters. The lowest BCUT2D eigenvalue weighted by Gasteiger charge is -2.23. The molecule has 1 aromatic carbocycles. The van der Waals surface area contributed by atoms with Gasteiger partial charge in [-0.1, -0.05) is 17.7 Å². The number of benzene rings is 1. The average Bonchev–Trinajstić information content (AvgIpc) is 2.23. The molecule has 14 heavy (non-hydrogen) atoms. The zero-order chi connectivity index (χ0) is 9.80. The van der Waals surface area contributed by atoms with Gasteiger partial charge in [-0.15, -0.1) is 0 Å². The van der Waals surface area contributed by atoms with E-state index in [1.54, 1.807) is 0 Å². The molecule has 0 bridgehead atoms. The maximum absolute atomic E-state index is 5.69. The highest BCUT2D eigenvalue weighted by Gasteiger charge is 2.14. The van der Waals surface area contributed by atoms with Crippen LogP contribution in [0.3, 0.4) is 0 Å². The van der Waals surface area contributed by atoms with Gasteiger partial charge < -0.3 is 9.47 Å². The summed E-state index contributed by atoms with van der Waals surface area (Å²) in [4.78, 5) is 0. The third-order valence-electron chi connectivity index (χ3n) is 2.43. The summed E-state index contributed by atoms with van der Waals surface area (Å²) in [7, 11) is 0. The summed E-state index contributed by atoms with van der Waals surface area (Å²) in [6.45, 7) is 2.90. The van der Waals surface area contributed by atoms with Gasteiger partial charge >= 0.3 is 0 Å². The highest BCUT2D eigenvalue weighted by atomic mass is 16.7. The van der Waals surface area contributed by atoms with Crippen LogP contribution in [0.4, 0.5) is 0 Å². The molecule has 1 saturated heterocycles. The van der Waals surface area contributed by atoms with Gasteiger partial charge in [0.25, 0.3) is 0 Å². The van der Waals surface area contributed by atoms with Crippen LogP contribution in [0.5, 0.6) is 5.75 Å². The van der Waals surface area contributed by atoms with E-state index in [4.69, 9.17) is 9.47 Å². The van der Waals surface area contributed by atoms with E-state index in [0.717, 1.165) is 25.2 Å². The van der Waals surface area contributed by atoms with Crippen LogP contribution in [0.2, 0.25) is 0 Å². The van der Waals surface area contributed by atoms with Crippen LogP contribution in [0, 0.1) is 6.92 Å². The fraction of sp³-hybridized carbons (Fsp3) is 0.500. The quantitative estimate of drug-likeness (QED) is 0.717. The lowest BCUT2D eigenvalue weighted by molar-refractivity contribution is -0.105. The van der Waals surface area contributed by atoms with Crippen LogP contribution in [0.15, 0.2) is 24.3 Å². The Morgan fingerprint density at radius 3 is 2.64 bits per heavy atom. The standard InChI is InChI=1S/C12H16O2/c1-10-5-7-11(8-6-10)14-12-4-2-3-9-13-12/h5-8,12H,2-4,9H2,1H3/t12-/m0/s1. The van der Waals surface area contributed by atoms with Crippen molar-refractivity contribution >= 4 is 0 Å². The van der Waals surface area contributed by atoms with Crippen LogP contribution >= 0.6 is 0 Å². The van der Waals surface area contributed by atoms with E-state index in [1.807, 2.05) is 12.1 Å². The van der Waals surface area contributed by atoms with Crippen molar-refractivity contribution in [3.05, 3.63) is 29.8 Å². The third-order valence-corrected chi connectivity index (χ3v) is 2.43. The Labute approximate surface area is 84.8 Å². The summed E-state index contributed by atoms with van der Waals surface area (Å²) in [6, 6.07) is 8.09. The summed E-state index contributed by atoms with van der Waals surface area (Å²) >= 11 is 0. The molecule has 1 aliphatic heterocycles. The molecule has 1 atom stereocenters. The second-order valence-electron chi connectivity index (χ2n) is 3.73. The monoisotopic (exact) mass is 192 g/mol. The third kappa shape index (κ3) is 2.48. The molecule has 76 valence electrons. The molecule has 1 aromatic rings. The van der Waals surface area contributed by atoms with Crippen molar-refractivity contribution < 1.29 is 9.47 Å². The van der Waals surface area contributed by atoms with Gasteiger partial charge in [0.2, 0.25) is 0 Å². The summed E-state index contributed by atoms with van der Waals surface area (Å²) in [5, 5.41) is 0. The molecule has 0 aliphatic carbocycles. The highest BCUT2D eigenvalue weighted by molar-refractivity contribution is 5.26. The number of ether oxygens (including phenoxy) is 2. The maximum atomic E-state index is 5.69. The molecule has 1 fully saturated rings. The topological polar surface area (TPSA) is 18.5 Å². The van der Waals surface area contributed by atoms with Crippen molar-refractivity contribution in [2.45, 2.75) is 32.5 Å². The van der Waals surface area contributed by atoms with Gasteiger partial charge in [0.15, 0.2) is 6.29 Å². The van der Waals surface area contributed by atoms with Gasteiger partial charge in [-0.05, 0) is 31.9 Å². The minimum atomic E-state index is -0.0357. The normalized spacial score (nSPS) is 21.9. The fourth-order valence-electron chi connectivity index (χ4n) is 1.57. The molecule has 2 rings (SSSR count). The van der Waals surface area contributed by atoms with Gasteiger partial charge in [0.1, 0.15) is 5.75 Å². The average molecular weight is 192 g/mol. The van der Waals surface area contributed by atoms with Gasteiger partial charge in [-0.3, -0.25) is 0 Å². The van der Waals surface area contributed by atoms with Crippen molar-refractivity contribution in [3.63, 3.8) is 0 Å². The Balaban J connectivity index is 1.92. The predicted molar refractivity (Wildman–Crippen MR) is 55.4 cm³/mol. The first kappa shape index (κ1) is 9.53. The number of hydrogen-bond acceptors (Lipinski definition) is 2. The van der Waals surface area contributed by atoms with E-state index in [-0.39, 0.29) is 6.29 Å². The first-order chi connectivity index (χ1) is 6.84. The zero-order valence-electron chi connectivity index (χ0n) is 8.53. The number of hydrogen-bond donors (Lipinski definition) is 0. The van der Waals surface area contributed by atoms with E-state index in [2.05, 4.69) is 19.1 Å². The largest absolute Gasteiger partial charge is 0.465 e. The molecule has 0 radical (unpaired) electrons. The second-order valence-corrected chi connectivity index (χ2v) is 3.73. The van der Waals surface area contributed by atoms with Crippen LogP contribution in [0.25, 0.3) is 0 Å². The van der Waals surface area contributed by atoms with Gasteiger partial charge in [-0.25, -0.2) is 0 Å². The SMILES string of the molecule is Cc1ccc(O[C@H]2CCCCO2)cc1. The Kier molecular flexibility index (Phi) is 3.04. The Morgan fingerprint density at radius 2 is 2.00 bits per heavy atom. The number of rotatable bonds is 2. The van der Waals surface area contributed by atoms with Crippen LogP contribution in [-0.2, 0) is 4.74 Å². The summed E-state index contributed by atoms with van der Waals surface area (Å²) in [5.74, 6) is 0.905. The van der Waals surface area contributed by atoms with E-state index in [0.29, 0.717) is 0 Å². The van der Waals surface area contributed by atoms with E-state index < -0.39 is 0 Å². The van der Waals surface area contributed by atoms with Crippen molar-refractivity contribution in [3.8, 4) is 5.75 Å². The first-order valence-corrected chi connectivity index (χ1v) is 5.19. The lowest BCUT2D eigenvalue weighted by atomic mass is 10.2. The van der Waals surface area contributed by atoms with E-state index in [1.165, 1.54) is 12.0 Å². The minimum Gasteiger partial charge on any atom is -0.465 e. The molecule has 2 heteroatoms. The molecule has 1 aliphatic rings. The second kappa shape index (κ2) is 4.47. The van der Waals surface area contributed by atoms with Crippen molar-refractivity contribution in [2.24, 2.45) is 0 Å². The Bertz CT molecular complexity index is 273. The highest BCUT2D eigenvalue weighted by Crippen LogP contribution is 2.19. The molecule has 0 saturated carbocycles. The molecule has 1 heterocycles. The van der Waals surface area contributed by atoms with E-state index in [9.17, 15) is 0 Å². The summed E-state index contributed by atoms with van der Waals surface area (Å²) in [6.07, 6.45) is 3.34. The molecule has 0 amide bonds. The van der Waals surface area contributed by atoms with Crippen molar-refractivity contribution in [1.82, 2.24) is 0 Å². The minimum absolute atomic E-state index is 0.0357. The fourth-order valence-corrected chi connectivity index (χ4v) is 1.57. The van der Waals surface area contributed by atoms with Crippen LogP contribution in [-0.4, -0.2) is 12.9 Å². The van der Waals surface area contributed by atoms with Gasteiger partial charge in [0.05, 0.1) is 6.61 Å². The molecule has 0 N–H and O–H groups in total. The molecular weight excluding hydrogens is 176 g/mol. The molecular formula is C12H16O2. The smallest absolute Gasteiger partial charge is 0.199 e. The molecule has 0 aromatic heterocycles. The molecule has 0 spiro atoms. The Hall–Kier alpha value is -1.02. The predicted octanol–water partition coefficient (Wildman–Crippen LogP) is 2.90. The Morgan fingerprint density at radius 1 is 1.21 bits per heavy atom. The summed E-state index contributed by atoms with van der Waals surface area (Å²) < 4.78 is 11.2. The van der Waals surface area contributed by atoms with Crippen LogP contribution in [0.1, 0.15) is 24.8 Å². The van der Waals surface area contributed by atoms with Crippen molar-refractivity contribution in [1.29, 1.82) is 0 Å². The van der Waals surface area contributed by atoms with Crippen molar-refractivity contribution in [2.75, 3.05) is 6.61 Å². The number of aryl methyl sites for hydroxylation is 1. The van der Waals surface area contributed by atoms with Gasteiger partial charge in [-0.2, -0.15) is 0 Å². The van der Waals surface area contributed by atoms with E-state index >= 15 is 0 Å².